The van der Waals surface area contributed by atoms with Gasteiger partial charge in [-0.2, -0.15) is 0 Å². The van der Waals surface area contributed by atoms with Gasteiger partial charge in [-0.1, -0.05) is 0 Å². The Labute approximate surface area is 133 Å². The monoisotopic (exact) mass is 310 g/mol. The second kappa shape index (κ2) is 7.20. The highest BCUT2D eigenvalue weighted by molar-refractivity contribution is 5.80. The molecule has 1 saturated carbocycles. The molecule has 1 aliphatic carbocycles. The lowest BCUT2D eigenvalue weighted by Gasteiger charge is -2.23. The number of guanidine groups is 1. The Balaban J connectivity index is 1.81. The van der Waals surface area contributed by atoms with E-state index in [1.807, 2.05) is 20.8 Å². The standard InChI is InChI=1S/C16H30N4O2/c1-5-17-14(18-10-12-6-7-12)20-9-8-13(11-20)19-15(21)22-16(2,3)4/h12-13H,5-11H2,1-4H3,(H,17,18)(H,19,21). The van der Waals surface area contributed by atoms with Gasteiger partial charge < -0.3 is 20.3 Å². The van der Waals surface area contributed by atoms with E-state index in [1.54, 1.807) is 0 Å². The zero-order valence-electron chi connectivity index (χ0n) is 14.3. The molecule has 0 spiro atoms. The van der Waals surface area contributed by atoms with Gasteiger partial charge in [0, 0.05) is 26.2 Å². The predicted molar refractivity (Wildman–Crippen MR) is 88.1 cm³/mol. The van der Waals surface area contributed by atoms with Gasteiger partial charge in [-0.3, -0.25) is 4.99 Å². The van der Waals surface area contributed by atoms with Crippen molar-refractivity contribution in [2.75, 3.05) is 26.2 Å². The van der Waals surface area contributed by atoms with Gasteiger partial charge in [0.15, 0.2) is 5.96 Å². The summed E-state index contributed by atoms with van der Waals surface area (Å²) < 4.78 is 5.32. The third kappa shape index (κ3) is 5.73. The number of carbonyl (C=O) groups is 1. The van der Waals surface area contributed by atoms with Crippen LogP contribution in [-0.2, 0) is 4.74 Å². The lowest BCUT2D eigenvalue weighted by molar-refractivity contribution is 0.0507. The first kappa shape index (κ1) is 16.9. The molecule has 2 N–H and O–H groups in total. The first-order valence-corrected chi connectivity index (χ1v) is 8.40. The van der Waals surface area contributed by atoms with Crippen LogP contribution < -0.4 is 10.6 Å². The number of hydrogen-bond acceptors (Lipinski definition) is 3. The van der Waals surface area contributed by atoms with Crippen molar-refractivity contribution in [2.24, 2.45) is 10.9 Å². The Bertz CT molecular complexity index is 413. The summed E-state index contributed by atoms with van der Waals surface area (Å²) in [6, 6.07) is 0.125. The van der Waals surface area contributed by atoms with Crippen molar-refractivity contribution in [3.8, 4) is 0 Å². The first-order valence-electron chi connectivity index (χ1n) is 8.40. The summed E-state index contributed by atoms with van der Waals surface area (Å²) in [5, 5.41) is 6.31. The Kier molecular flexibility index (Phi) is 5.53. The van der Waals surface area contributed by atoms with Crippen LogP contribution in [-0.4, -0.2) is 54.8 Å². The number of carbonyl (C=O) groups excluding carboxylic acids is 1. The summed E-state index contributed by atoms with van der Waals surface area (Å²) in [6.45, 7) is 11.2. The Morgan fingerprint density at radius 1 is 1.32 bits per heavy atom. The number of likely N-dealkylation sites (tertiary alicyclic amines) is 1. The molecule has 2 fully saturated rings. The molecule has 2 aliphatic rings. The Morgan fingerprint density at radius 3 is 2.64 bits per heavy atom. The molecule has 1 heterocycles. The summed E-state index contributed by atoms with van der Waals surface area (Å²) in [5.41, 5.74) is -0.455. The van der Waals surface area contributed by atoms with Crippen molar-refractivity contribution in [1.82, 2.24) is 15.5 Å². The van der Waals surface area contributed by atoms with Crippen molar-refractivity contribution in [1.29, 1.82) is 0 Å². The third-order valence-electron chi connectivity index (χ3n) is 3.74. The second-order valence-corrected chi connectivity index (χ2v) is 7.22. The number of nitrogens with zero attached hydrogens (tertiary/aromatic N) is 2. The fourth-order valence-electron chi connectivity index (χ4n) is 2.49. The molecule has 0 radical (unpaired) electrons. The van der Waals surface area contributed by atoms with E-state index in [2.05, 4.69) is 22.5 Å². The quantitative estimate of drug-likeness (QED) is 0.615. The van der Waals surface area contributed by atoms with Crippen LogP contribution >= 0.6 is 0 Å². The minimum atomic E-state index is -0.455. The summed E-state index contributed by atoms with van der Waals surface area (Å²) >= 11 is 0. The van der Waals surface area contributed by atoms with Crippen molar-refractivity contribution < 1.29 is 9.53 Å². The van der Waals surface area contributed by atoms with Crippen LogP contribution in [0.2, 0.25) is 0 Å². The molecule has 6 nitrogen and oxygen atoms in total. The molecule has 0 aromatic heterocycles. The van der Waals surface area contributed by atoms with E-state index >= 15 is 0 Å². The molecule has 1 unspecified atom stereocenters. The van der Waals surface area contributed by atoms with Crippen LogP contribution in [0.4, 0.5) is 4.79 Å². The van der Waals surface area contributed by atoms with Crippen molar-refractivity contribution in [3.63, 3.8) is 0 Å². The molecule has 6 heteroatoms. The highest BCUT2D eigenvalue weighted by Crippen LogP contribution is 2.29. The molecule has 22 heavy (non-hydrogen) atoms. The lowest BCUT2D eigenvalue weighted by atomic mass is 10.2. The molecule has 0 aromatic rings. The van der Waals surface area contributed by atoms with Gasteiger partial charge in [0.1, 0.15) is 5.60 Å². The van der Waals surface area contributed by atoms with Crippen LogP contribution in [0.25, 0.3) is 0 Å². The fourth-order valence-corrected chi connectivity index (χ4v) is 2.49. The molecule has 1 atom stereocenters. The van der Waals surface area contributed by atoms with E-state index in [9.17, 15) is 4.79 Å². The number of alkyl carbamates (subject to hydrolysis) is 1. The minimum absolute atomic E-state index is 0.125. The molecule has 126 valence electrons. The minimum Gasteiger partial charge on any atom is -0.444 e. The first-order chi connectivity index (χ1) is 10.4. The maximum Gasteiger partial charge on any atom is 0.407 e. The lowest BCUT2D eigenvalue weighted by Crippen LogP contribution is -2.44. The molecular weight excluding hydrogens is 280 g/mol. The van der Waals surface area contributed by atoms with Gasteiger partial charge in [-0.05, 0) is 52.9 Å². The summed E-state index contributed by atoms with van der Waals surface area (Å²) in [4.78, 5) is 18.8. The second-order valence-electron chi connectivity index (χ2n) is 7.22. The molecular formula is C16H30N4O2. The van der Waals surface area contributed by atoms with E-state index in [1.165, 1.54) is 12.8 Å². The predicted octanol–water partition coefficient (Wildman–Crippen LogP) is 1.96. The molecule has 0 bridgehead atoms. The number of aliphatic imine (C=N–C) groups is 1. The molecule has 2 rings (SSSR count). The number of amides is 1. The summed E-state index contributed by atoms with van der Waals surface area (Å²) in [5.74, 6) is 1.76. The Hall–Kier alpha value is -1.46. The number of hydrogen-bond donors (Lipinski definition) is 2. The SMILES string of the molecule is CCNC(=NCC1CC1)N1CCC(NC(=O)OC(C)(C)C)C1. The molecule has 1 amide bonds. The summed E-state index contributed by atoms with van der Waals surface area (Å²) in [7, 11) is 0. The van der Waals surface area contributed by atoms with Crippen LogP contribution in [0, 0.1) is 5.92 Å². The Morgan fingerprint density at radius 2 is 2.05 bits per heavy atom. The van der Waals surface area contributed by atoms with Crippen molar-refractivity contribution in [3.05, 3.63) is 0 Å². The van der Waals surface area contributed by atoms with Gasteiger partial charge >= 0.3 is 6.09 Å². The third-order valence-corrected chi connectivity index (χ3v) is 3.74. The van der Waals surface area contributed by atoms with E-state index in [0.29, 0.717) is 0 Å². The van der Waals surface area contributed by atoms with Gasteiger partial charge in [0.2, 0.25) is 0 Å². The average molecular weight is 310 g/mol. The van der Waals surface area contributed by atoms with Gasteiger partial charge in [0.05, 0.1) is 6.04 Å². The van der Waals surface area contributed by atoms with Crippen LogP contribution in [0.3, 0.4) is 0 Å². The largest absolute Gasteiger partial charge is 0.444 e. The number of rotatable bonds is 4. The van der Waals surface area contributed by atoms with E-state index in [0.717, 1.165) is 44.5 Å². The van der Waals surface area contributed by atoms with Gasteiger partial charge in [-0.25, -0.2) is 4.79 Å². The van der Waals surface area contributed by atoms with E-state index < -0.39 is 5.60 Å². The summed E-state index contributed by atoms with van der Waals surface area (Å²) in [6.07, 6.45) is 3.21. The topological polar surface area (TPSA) is 66.0 Å². The van der Waals surface area contributed by atoms with Crippen molar-refractivity contribution in [2.45, 2.75) is 58.6 Å². The highest BCUT2D eigenvalue weighted by atomic mass is 16.6. The fraction of sp³-hybridized carbons (Fsp3) is 0.875. The van der Waals surface area contributed by atoms with Crippen LogP contribution in [0.5, 0.6) is 0 Å². The highest BCUT2D eigenvalue weighted by Gasteiger charge is 2.28. The van der Waals surface area contributed by atoms with E-state index in [4.69, 9.17) is 9.73 Å². The molecule has 1 saturated heterocycles. The maximum absolute atomic E-state index is 11.8. The number of ether oxygens (including phenoxy) is 1. The van der Waals surface area contributed by atoms with E-state index in [-0.39, 0.29) is 12.1 Å². The van der Waals surface area contributed by atoms with Crippen LogP contribution in [0.1, 0.15) is 47.0 Å². The maximum atomic E-state index is 11.8. The number of nitrogens with one attached hydrogen (secondary N) is 2. The van der Waals surface area contributed by atoms with Crippen molar-refractivity contribution >= 4 is 12.1 Å². The normalized spacial score (nSPS) is 22.6. The van der Waals surface area contributed by atoms with Crippen LogP contribution in [0.15, 0.2) is 4.99 Å². The van der Waals surface area contributed by atoms with Gasteiger partial charge in [0.25, 0.3) is 0 Å². The zero-order chi connectivity index (χ0) is 16.2. The molecule has 1 aliphatic heterocycles. The molecule has 0 aromatic carbocycles. The zero-order valence-corrected chi connectivity index (χ0v) is 14.3. The smallest absolute Gasteiger partial charge is 0.407 e. The average Bonchev–Trinajstić information content (AvgIpc) is 3.11. The van der Waals surface area contributed by atoms with Gasteiger partial charge in [-0.15, -0.1) is 0 Å².